The standard InChI is InChI=1S/C14H15F3N2O4S/c1-3-5-18-10(20)8-7(2)9(12(21)22)24-11(8)19(13(18)23)6-4-14(15,16)17/h3-6H2,1-2H3,(H,21,22). The number of fused-ring (bicyclic) bond motifs is 1. The van der Waals surface area contributed by atoms with Gasteiger partial charge in [0.15, 0.2) is 0 Å². The number of alkyl halides is 3. The van der Waals surface area contributed by atoms with Crippen molar-refractivity contribution >= 4 is 27.5 Å². The van der Waals surface area contributed by atoms with Crippen LogP contribution in [0.25, 0.3) is 10.2 Å². The van der Waals surface area contributed by atoms with Crippen LogP contribution in [0.1, 0.15) is 35.0 Å². The predicted octanol–water partition coefficient (Wildman–Crippen LogP) is 2.59. The van der Waals surface area contributed by atoms with Crippen molar-refractivity contribution in [2.75, 3.05) is 0 Å². The number of thiophene rings is 1. The molecule has 0 radical (unpaired) electrons. The Bertz CT molecular complexity index is 908. The van der Waals surface area contributed by atoms with Gasteiger partial charge in [-0.1, -0.05) is 6.92 Å². The number of rotatable bonds is 5. The second-order valence-electron chi connectivity index (χ2n) is 5.30. The molecule has 1 N–H and O–H groups in total. The number of carboxylic acid groups (broad SMARTS) is 1. The lowest BCUT2D eigenvalue weighted by Crippen LogP contribution is -2.40. The molecule has 2 heterocycles. The molecule has 0 aliphatic carbocycles. The van der Waals surface area contributed by atoms with Gasteiger partial charge in [0.25, 0.3) is 5.56 Å². The van der Waals surface area contributed by atoms with Crippen LogP contribution < -0.4 is 11.2 Å². The summed E-state index contributed by atoms with van der Waals surface area (Å²) >= 11 is 0.647. The topological polar surface area (TPSA) is 81.3 Å². The first-order valence-electron chi connectivity index (χ1n) is 7.15. The number of carbonyl (C=O) groups is 1. The van der Waals surface area contributed by atoms with E-state index in [0.29, 0.717) is 17.8 Å². The van der Waals surface area contributed by atoms with E-state index in [4.69, 9.17) is 0 Å². The number of aryl methyl sites for hydroxylation is 2. The van der Waals surface area contributed by atoms with Gasteiger partial charge >= 0.3 is 17.8 Å². The van der Waals surface area contributed by atoms with Crippen molar-refractivity contribution in [3.63, 3.8) is 0 Å². The SMILES string of the molecule is CCCn1c(=O)c2c(C)c(C(=O)O)sc2n(CCC(F)(F)F)c1=O. The average molecular weight is 364 g/mol. The van der Waals surface area contributed by atoms with E-state index in [1.165, 1.54) is 6.92 Å². The second kappa shape index (κ2) is 6.42. The molecule has 0 aromatic carbocycles. The Labute approximate surface area is 137 Å². The third-order valence-corrected chi connectivity index (χ3v) is 4.86. The molecular weight excluding hydrogens is 349 g/mol. The summed E-state index contributed by atoms with van der Waals surface area (Å²) in [5.41, 5.74) is -1.35. The lowest BCUT2D eigenvalue weighted by Gasteiger charge is -2.12. The van der Waals surface area contributed by atoms with Gasteiger partial charge in [-0.25, -0.2) is 9.59 Å². The van der Waals surface area contributed by atoms with Gasteiger partial charge in [-0.15, -0.1) is 11.3 Å². The molecule has 6 nitrogen and oxygen atoms in total. The van der Waals surface area contributed by atoms with Crippen LogP contribution in [0, 0.1) is 6.92 Å². The molecular formula is C14H15F3N2O4S. The first kappa shape index (κ1) is 18.2. The minimum absolute atomic E-state index is 0.00683. The molecule has 0 amide bonds. The zero-order chi connectivity index (χ0) is 18.2. The molecule has 24 heavy (non-hydrogen) atoms. The molecule has 10 heteroatoms. The highest BCUT2D eigenvalue weighted by Gasteiger charge is 2.29. The van der Waals surface area contributed by atoms with Gasteiger partial charge in [-0.05, 0) is 18.9 Å². The molecule has 132 valence electrons. The van der Waals surface area contributed by atoms with Gasteiger partial charge in [-0.3, -0.25) is 13.9 Å². The van der Waals surface area contributed by atoms with E-state index >= 15 is 0 Å². The molecule has 0 atom stereocenters. The molecule has 0 saturated carbocycles. The van der Waals surface area contributed by atoms with Crippen LogP contribution in [0.3, 0.4) is 0 Å². The maximum absolute atomic E-state index is 12.5. The third-order valence-electron chi connectivity index (χ3n) is 3.55. The first-order chi connectivity index (χ1) is 11.1. The Morgan fingerprint density at radius 1 is 1.21 bits per heavy atom. The van der Waals surface area contributed by atoms with E-state index in [9.17, 15) is 32.7 Å². The first-order valence-corrected chi connectivity index (χ1v) is 7.97. The number of aromatic carboxylic acids is 1. The van der Waals surface area contributed by atoms with Crippen molar-refractivity contribution in [1.82, 2.24) is 9.13 Å². The number of hydrogen-bond donors (Lipinski definition) is 1. The summed E-state index contributed by atoms with van der Waals surface area (Å²) in [7, 11) is 0. The van der Waals surface area contributed by atoms with Crippen molar-refractivity contribution in [3.05, 3.63) is 31.3 Å². The van der Waals surface area contributed by atoms with Gasteiger partial charge in [-0.2, -0.15) is 13.2 Å². The van der Waals surface area contributed by atoms with E-state index in [-0.39, 0.29) is 27.2 Å². The van der Waals surface area contributed by atoms with E-state index in [2.05, 4.69) is 0 Å². The van der Waals surface area contributed by atoms with Crippen LogP contribution in [-0.4, -0.2) is 26.4 Å². The van der Waals surface area contributed by atoms with Crippen molar-refractivity contribution in [1.29, 1.82) is 0 Å². The summed E-state index contributed by atoms with van der Waals surface area (Å²) in [6, 6.07) is 0. The molecule has 0 fully saturated rings. The average Bonchev–Trinajstić information content (AvgIpc) is 2.80. The fraction of sp³-hybridized carbons (Fsp3) is 0.500. The lowest BCUT2D eigenvalue weighted by atomic mass is 10.2. The maximum Gasteiger partial charge on any atom is 0.390 e. The van der Waals surface area contributed by atoms with Crippen LogP contribution in [0.5, 0.6) is 0 Å². The minimum Gasteiger partial charge on any atom is -0.477 e. The van der Waals surface area contributed by atoms with Crippen LogP contribution in [-0.2, 0) is 13.1 Å². The van der Waals surface area contributed by atoms with Crippen molar-refractivity contribution in [3.8, 4) is 0 Å². The Hall–Kier alpha value is -2.10. The zero-order valence-electron chi connectivity index (χ0n) is 12.9. The monoisotopic (exact) mass is 364 g/mol. The van der Waals surface area contributed by atoms with Crippen molar-refractivity contribution < 1.29 is 23.1 Å². The van der Waals surface area contributed by atoms with Gasteiger partial charge in [0.05, 0.1) is 11.8 Å². The van der Waals surface area contributed by atoms with Gasteiger partial charge < -0.3 is 5.11 Å². The molecule has 0 saturated heterocycles. The van der Waals surface area contributed by atoms with Crippen LogP contribution in [0.2, 0.25) is 0 Å². The molecule has 0 spiro atoms. The maximum atomic E-state index is 12.5. The van der Waals surface area contributed by atoms with Crippen LogP contribution in [0.15, 0.2) is 9.59 Å². The van der Waals surface area contributed by atoms with Gasteiger partial charge in [0, 0.05) is 13.1 Å². The molecule has 2 aromatic rings. The molecule has 0 aliphatic heterocycles. The molecule has 2 rings (SSSR count). The zero-order valence-corrected chi connectivity index (χ0v) is 13.8. The Morgan fingerprint density at radius 3 is 2.33 bits per heavy atom. The van der Waals surface area contributed by atoms with E-state index < -0.39 is 36.4 Å². The number of carboxylic acids is 1. The Morgan fingerprint density at radius 2 is 1.83 bits per heavy atom. The van der Waals surface area contributed by atoms with E-state index in [0.717, 1.165) is 9.13 Å². The Kier molecular flexibility index (Phi) is 4.88. The molecule has 2 aromatic heterocycles. The lowest BCUT2D eigenvalue weighted by molar-refractivity contribution is -0.136. The summed E-state index contributed by atoms with van der Waals surface area (Å²) in [6.07, 6.45) is -5.28. The normalized spacial score (nSPS) is 12.0. The van der Waals surface area contributed by atoms with E-state index in [1.807, 2.05) is 0 Å². The highest BCUT2D eigenvalue weighted by atomic mass is 32.1. The fourth-order valence-electron chi connectivity index (χ4n) is 2.46. The van der Waals surface area contributed by atoms with Gasteiger partial charge in [0.2, 0.25) is 0 Å². The largest absolute Gasteiger partial charge is 0.477 e. The molecule has 0 bridgehead atoms. The van der Waals surface area contributed by atoms with Crippen LogP contribution in [0.4, 0.5) is 13.2 Å². The number of nitrogens with zero attached hydrogens (tertiary/aromatic N) is 2. The Balaban J connectivity index is 2.83. The second-order valence-corrected chi connectivity index (χ2v) is 6.30. The van der Waals surface area contributed by atoms with Crippen molar-refractivity contribution in [2.24, 2.45) is 0 Å². The summed E-state index contributed by atoms with van der Waals surface area (Å²) in [5, 5.41) is 9.18. The minimum atomic E-state index is -4.47. The molecule has 0 unspecified atom stereocenters. The number of aromatic nitrogens is 2. The fourth-order valence-corrected chi connectivity index (χ4v) is 3.61. The third kappa shape index (κ3) is 3.23. The number of hydrogen-bond acceptors (Lipinski definition) is 4. The quantitative estimate of drug-likeness (QED) is 0.884. The summed E-state index contributed by atoms with van der Waals surface area (Å²) < 4.78 is 39.3. The van der Waals surface area contributed by atoms with Gasteiger partial charge in [0.1, 0.15) is 9.71 Å². The number of halogens is 3. The highest BCUT2D eigenvalue weighted by molar-refractivity contribution is 7.20. The summed E-state index contributed by atoms with van der Waals surface area (Å²) in [6.45, 7) is 2.52. The van der Waals surface area contributed by atoms with Crippen LogP contribution >= 0.6 is 11.3 Å². The summed E-state index contributed by atoms with van der Waals surface area (Å²) in [4.78, 5) is 36.0. The molecule has 0 aliphatic rings. The predicted molar refractivity (Wildman–Crippen MR) is 83.0 cm³/mol. The summed E-state index contributed by atoms with van der Waals surface area (Å²) in [5.74, 6) is -1.29. The van der Waals surface area contributed by atoms with Crippen molar-refractivity contribution in [2.45, 2.75) is 46.0 Å². The smallest absolute Gasteiger partial charge is 0.390 e. The van der Waals surface area contributed by atoms with E-state index in [1.54, 1.807) is 6.92 Å². The highest BCUT2D eigenvalue weighted by Crippen LogP contribution is 2.29.